The van der Waals surface area contributed by atoms with Gasteiger partial charge in [0.05, 0.1) is 12.3 Å². The number of hydrogen-bond acceptors (Lipinski definition) is 3. The van der Waals surface area contributed by atoms with Gasteiger partial charge in [-0.2, -0.15) is 0 Å². The van der Waals surface area contributed by atoms with E-state index in [-0.39, 0.29) is 18.6 Å². The number of nitrogens with zero attached hydrogens (tertiary/aromatic N) is 1. The van der Waals surface area contributed by atoms with Gasteiger partial charge in [-0.1, -0.05) is 30.3 Å². The largest absolute Gasteiger partial charge is 0.375 e. The molecule has 1 aromatic carbocycles. The number of halogens is 2. The Hall–Kier alpha value is -2.08. The number of nitrogens with one attached hydrogen (secondary N) is 1. The second kappa shape index (κ2) is 6.91. The van der Waals surface area contributed by atoms with Gasteiger partial charge in [0, 0.05) is 18.1 Å². The lowest BCUT2D eigenvalue weighted by Gasteiger charge is -2.05. The van der Waals surface area contributed by atoms with Crippen LogP contribution in [0.1, 0.15) is 5.82 Å². The molecule has 0 atom stereocenters. The predicted octanol–water partition coefficient (Wildman–Crippen LogP) is 2.26. The van der Waals surface area contributed by atoms with Crippen LogP contribution in [0.4, 0.5) is 8.78 Å². The van der Waals surface area contributed by atoms with E-state index >= 15 is 0 Å². The van der Waals surface area contributed by atoms with Crippen molar-refractivity contribution < 1.29 is 13.5 Å². The fourth-order valence-corrected chi connectivity index (χ4v) is 1.72. The molecule has 0 bridgehead atoms. The minimum atomic E-state index is -2.49. The fourth-order valence-electron chi connectivity index (χ4n) is 1.72. The maximum absolute atomic E-state index is 11.9. The number of rotatable bonds is 6. The molecule has 0 amide bonds. The molecule has 20 heavy (non-hydrogen) atoms. The van der Waals surface area contributed by atoms with Crippen molar-refractivity contribution in [2.75, 3.05) is 13.2 Å². The average molecular weight is 280 g/mol. The molecule has 1 heterocycles. The molecular weight excluding hydrogens is 266 g/mol. The summed E-state index contributed by atoms with van der Waals surface area (Å²) in [6.07, 6.45) is -2.21. The van der Waals surface area contributed by atoms with Gasteiger partial charge in [-0.15, -0.1) is 0 Å². The Morgan fingerprint density at radius 2 is 2.00 bits per heavy atom. The highest BCUT2D eigenvalue weighted by molar-refractivity contribution is 5.58. The monoisotopic (exact) mass is 280 g/mol. The van der Waals surface area contributed by atoms with E-state index in [1.54, 1.807) is 0 Å². The van der Waals surface area contributed by atoms with E-state index in [2.05, 4.69) is 9.97 Å². The fraction of sp³-hybridized carbons (Fsp3) is 0.286. The van der Waals surface area contributed by atoms with Gasteiger partial charge in [0.25, 0.3) is 12.0 Å². The van der Waals surface area contributed by atoms with Crippen molar-refractivity contribution in [1.29, 1.82) is 0 Å². The maximum atomic E-state index is 11.9. The van der Waals surface area contributed by atoms with E-state index in [1.165, 1.54) is 6.07 Å². The quantitative estimate of drug-likeness (QED) is 0.826. The molecule has 2 aromatic rings. The Bertz CT molecular complexity index is 600. The summed E-state index contributed by atoms with van der Waals surface area (Å²) in [4.78, 5) is 18.4. The topological polar surface area (TPSA) is 55.0 Å². The highest BCUT2D eigenvalue weighted by atomic mass is 19.3. The molecule has 0 radical (unpaired) electrons. The number of ether oxygens (including phenoxy) is 1. The lowest BCUT2D eigenvalue weighted by Crippen LogP contribution is -2.14. The van der Waals surface area contributed by atoms with Gasteiger partial charge in [0.15, 0.2) is 0 Å². The van der Waals surface area contributed by atoms with Crippen LogP contribution in [0.25, 0.3) is 11.3 Å². The number of alkyl halides is 2. The van der Waals surface area contributed by atoms with E-state index in [9.17, 15) is 13.6 Å². The van der Waals surface area contributed by atoms with Crippen molar-refractivity contribution in [2.24, 2.45) is 0 Å². The first kappa shape index (κ1) is 14.3. The molecule has 6 heteroatoms. The van der Waals surface area contributed by atoms with Crippen LogP contribution in [0.15, 0.2) is 41.2 Å². The third kappa shape index (κ3) is 4.24. The van der Waals surface area contributed by atoms with E-state index in [0.717, 1.165) is 5.56 Å². The summed E-state index contributed by atoms with van der Waals surface area (Å²) in [6.45, 7) is -0.520. The Morgan fingerprint density at radius 3 is 2.70 bits per heavy atom. The summed E-state index contributed by atoms with van der Waals surface area (Å²) in [6, 6.07) is 10.7. The average Bonchev–Trinajstić information content (AvgIpc) is 2.44. The van der Waals surface area contributed by atoms with Gasteiger partial charge in [-0.3, -0.25) is 4.79 Å². The lowest BCUT2D eigenvalue weighted by atomic mass is 10.1. The van der Waals surface area contributed by atoms with Crippen LogP contribution in [0.5, 0.6) is 0 Å². The zero-order valence-electron chi connectivity index (χ0n) is 10.7. The maximum Gasteiger partial charge on any atom is 0.261 e. The van der Waals surface area contributed by atoms with Crippen LogP contribution in [0.3, 0.4) is 0 Å². The molecule has 0 aliphatic heterocycles. The second-order valence-electron chi connectivity index (χ2n) is 4.16. The van der Waals surface area contributed by atoms with E-state index in [1.807, 2.05) is 30.3 Å². The number of benzene rings is 1. The van der Waals surface area contributed by atoms with Crippen molar-refractivity contribution in [3.8, 4) is 11.3 Å². The van der Waals surface area contributed by atoms with Crippen molar-refractivity contribution in [1.82, 2.24) is 9.97 Å². The van der Waals surface area contributed by atoms with Gasteiger partial charge < -0.3 is 9.72 Å². The molecule has 0 aliphatic rings. The molecule has 1 aromatic heterocycles. The third-order valence-electron chi connectivity index (χ3n) is 2.59. The molecule has 4 nitrogen and oxygen atoms in total. The first-order valence-electron chi connectivity index (χ1n) is 6.16. The molecule has 0 fully saturated rings. The first-order chi connectivity index (χ1) is 9.65. The highest BCUT2D eigenvalue weighted by Gasteiger charge is 2.05. The zero-order valence-corrected chi connectivity index (χ0v) is 10.7. The number of aromatic nitrogens is 2. The Labute approximate surface area is 114 Å². The normalized spacial score (nSPS) is 10.9. The smallest absolute Gasteiger partial charge is 0.261 e. The predicted molar refractivity (Wildman–Crippen MR) is 70.8 cm³/mol. The van der Waals surface area contributed by atoms with Crippen LogP contribution < -0.4 is 5.56 Å². The van der Waals surface area contributed by atoms with Crippen LogP contribution >= 0.6 is 0 Å². The van der Waals surface area contributed by atoms with E-state index in [4.69, 9.17) is 4.74 Å². The number of hydrogen-bond donors (Lipinski definition) is 1. The summed E-state index contributed by atoms with van der Waals surface area (Å²) in [7, 11) is 0. The third-order valence-corrected chi connectivity index (χ3v) is 2.59. The van der Waals surface area contributed by atoms with Crippen LogP contribution in [0.2, 0.25) is 0 Å². The van der Waals surface area contributed by atoms with Crippen LogP contribution in [0, 0.1) is 0 Å². The summed E-state index contributed by atoms with van der Waals surface area (Å²) >= 11 is 0. The molecule has 2 rings (SSSR count). The van der Waals surface area contributed by atoms with Crippen molar-refractivity contribution >= 4 is 0 Å². The van der Waals surface area contributed by atoms with Gasteiger partial charge in [-0.05, 0) is 0 Å². The van der Waals surface area contributed by atoms with Crippen molar-refractivity contribution in [2.45, 2.75) is 12.8 Å². The molecule has 0 saturated carbocycles. The summed E-state index contributed by atoms with van der Waals surface area (Å²) < 4.78 is 28.6. The number of H-pyrrole nitrogens is 1. The molecule has 0 aliphatic carbocycles. The van der Waals surface area contributed by atoms with Crippen LogP contribution in [-0.2, 0) is 11.2 Å². The van der Waals surface area contributed by atoms with E-state index in [0.29, 0.717) is 11.5 Å². The Morgan fingerprint density at radius 1 is 1.25 bits per heavy atom. The van der Waals surface area contributed by atoms with Gasteiger partial charge in [-0.25, -0.2) is 13.8 Å². The highest BCUT2D eigenvalue weighted by Crippen LogP contribution is 2.14. The molecular formula is C14H14F2N2O2. The van der Waals surface area contributed by atoms with Crippen LogP contribution in [-0.4, -0.2) is 29.6 Å². The molecule has 106 valence electrons. The minimum Gasteiger partial charge on any atom is -0.375 e. The molecule has 0 spiro atoms. The Balaban J connectivity index is 2.07. The number of aromatic amines is 1. The molecule has 1 N–H and O–H groups in total. The summed E-state index contributed by atoms with van der Waals surface area (Å²) in [5.74, 6) is 0.422. The molecule has 0 unspecified atom stereocenters. The standard InChI is InChI=1S/C14H14F2N2O2/c15-12(16)9-20-7-6-13-17-11(8-14(19)18-13)10-4-2-1-3-5-10/h1-5,8,12H,6-7,9H2,(H,17,18,19). The Kier molecular flexibility index (Phi) is 4.95. The summed E-state index contributed by atoms with van der Waals surface area (Å²) in [5.41, 5.74) is 1.11. The van der Waals surface area contributed by atoms with Gasteiger partial charge in [0.2, 0.25) is 0 Å². The second-order valence-corrected chi connectivity index (χ2v) is 4.16. The van der Waals surface area contributed by atoms with E-state index < -0.39 is 13.0 Å². The minimum absolute atomic E-state index is 0.0888. The zero-order chi connectivity index (χ0) is 14.4. The van der Waals surface area contributed by atoms with Gasteiger partial charge >= 0.3 is 0 Å². The van der Waals surface area contributed by atoms with Gasteiger partial charge in [0.1, 0.15) is 12.4 Å². The summed E-state index contributed by atoms with van der Waals surface area (Å²) in [5, 5.41) is 0. The SMILES string of the molecule is O=c1cc(-c2ccccc2)nc(CCOCC(F)F)[nH]1. The first-order valence-corrected chi connectivity index (χ1v) is 6.16. The molecule has 0 saturated heterocycles. The van der Waals surface area contributed by atoms with Crippen molar-refractivity contribution in [3.63, 3.8) is 0 Å². The van der Waals surface area contributed by atoms with Crippen molar-refractivity contribution in [3.05, 3.63) is 52.6 Å². The lowest BCUT2D eigenvalue weighted by molar-refractivity contribution is 0.0183.